The molecule has 0 aromatic heterocycles. The van der Waals surface area contributed by atoms with Crippen LogP contribution in [0.5, 0.6) is 11.5 Å². The second kappa shape index (κ2) is 7.09. The normalized spacial score (nSPS) is 11.7. The van der Waals surface area contributed by atoms with Gasteiger partial charge in [-0.05, 0) is 37.3 Å². The topological polar surface area (TPSA) is 47.6 Å². The lowest BCUT2D eigenvalue weighted by Gasteiger charge is -2.18. The zero-order valence-electron chi connectivity index (χ0n) is 13.0. The fourth-order valence-electron chi connectivity index (χ4n) is 2.22. The smallest absolute Gasteiger partial charge is 0.251 e. The highest BCUT2D eigenvalue weighted by molar-refractivity contribution is 5.94. The highest BCUT2D eigenvalue weighted by atomic mass is 19.1. The SMILES string of the molecule is COc1ccc(OC)c([C@@H](C)NC(=O)c2cc(F)cc(F)c2)c1. The summed E-state index contributed by atoms with van der Waals surface area (Å²) in [7, 11) is 3.05. The van der Waals surface area contributed by atoms with Crippen LogP contribution >= 0.6 is 0 Å². The van der Waals surface area contributed by atoms with Crippen molar-refractivity contribution in [3.05, 3.63) is 59.2 Å². The first-order valence-electron chi connectivity index (χ1n) is 6.93. The molecule has 0 saturated heterocycles. The van der Waals surface area contributed by atoms with E-state index in [1.807, 2.05) is 0 Å². The minimum absolute atomic E-state index is 0.0868. The maximum atomic E-state index is 13.2. The van der Waals surface area contributed by atoms with E-state index in [1.165, 1.54) is 14.2 Å². The number of rotatable bonds is 5. The van der Waals surface area contributed by atoms with Gasteiger partial charge in [0.1, 0.15) is 23.1 Å². The zero-order chi connectivity index (χ0) is 17.0. The molecule has 1 N–H and O–H groups in total. The van der Waals surface area contributed by atoms with E-state index in [0.717, 1.165) is 12.1 Å². The number of amides is 1. The van der Waals surface area contributed by atoms with Crippen molar-refractivity contribution in [2.75, 3.05) is 14.2 Å². The van der Waals surface area contributed by atoms with Crippen molar-refractivity contribution in [1.29, 1.82) is 0 Å². The Bertz CT molecular complexity index is 699. The molecule has 0 fully saturated rings. The molecule has 2 aromatic rings. The lowest BCUT2D eigenvalue weighted by molar-refractivity contribution is 0.0938. The van der Waals surface area contributed by atoms with Gasteiger partial charge in [-0.25, -0.2) is 8.78 Å². The molecule has 0 saturated carbocycles. The van der Waals surface area contributed by atoms with E-state index in [4.69, 9.17) is 9.47 Å². The number of hydrogen-bond acceptors (Lipinski definition) is 3. The maximum absolute atomic E-state index is 13.2. The van der Waals surface area contributed by atoms with Crippen LogP contribution in [-0.4, -0.2) is 20.1 Å². The van der Waals surface area contributed by atoms with Crippen LogP contribution < -0.4 is 14.8 Å². The Hall–Kier alpha value is -2.63. The zero-order valence-corrected chi connectivity index (χ0v) is 13.0. The van der Waals surface area contributed by atoms with Gasteiger partial charge in [-0.2, -0.15) is 0 Å². The number of methoxy groups -OCH3 is 2. The summed E-state index contributed by atoms with van der Waals surface area (Å²) in [6.45, 7) is 1.74. The van der Waals surface area contributed by atoms with Crippen LogP contribution in [0.4, 0.5) is 8.78 Å². The number of carbonyl (C=O) groups is 1. The van der Waals surface area contributed by atoms with Gasteiger partial charge in [0, 0.05) is 17.2 Å². The van der Waals surface area contributed by atoms with Gasteiger partial charge in [0.05, 0.1) is 20.3 Å². The van der Waals surface area contributed by atoms with Crippen molar-refractivity contribution in [1.82, 2.24) is 5.32 Å². The average Bonchev–Trinajstić information content (AvgIpc) is 2.53. The number of halogens is 2. The van der Waals surface area contributed by atoms with Crippen LogP contribution in [0, 0.1) is 11.6 Å². The van der Waals surface area contributed by atoms with E-state index in [1.54, 1.807) is 25.1 Å². The van der Waals surface area contributed by atoms with E-state index in [2.05, 4.69) is 5.32 Å². The van der Waals surface area contributed by atoms with Gasteiger partial charge in [0.15, 0.2) is 0 Å². The maximum Gasteiger partial charge on any atom is 0.251 e. The molecular formula is C17H17F2NO3. The van der Waals surface area contributed by atoms with E-state index >= 15 is 0 Å². The van der Waals surface area contributed by atoms with Gasteiger partial charge in [-0.1, -0.05) is 0 Å². The summed E-state index contributed by atoms with van der Waals surface area (Å²) < 4.78 is 36.8. The van der Waals surface area contributed by atoms with Crippen LogP contribution in [0.2, 0.25) is 0 Å². The molecule has 0 bridgehead atoms. The van der Waals surface area contributed by atoms with Crippen molar-refractivity contribution < 1.29 is 23.0 Å². The number of nitrogens with one attached hydrogen (secondary N) is 1. The van der Waals surface area contributed by atoms with Crippen molar-refractivity contribution in [3.63, 3.8) is 0 Å². The molecule has 0 unspecified atom stereocenters. The van der Waals surface area contributed by atoms with Crippen LogP contribution in [-0.2, 0) is 0 Å². The van der Waals surface area contributed by atoms with Gasteiger partial charge >= 0.3 is 0 Å². The lowest BCUT2D eigenvalue weighted by Crippen LogP contribution is -2.27. The molecule has 0 aliphatic rings. The van der Waals surface area contributed by atoms with E-state index < -0.39 is 23.6 Å². The third-order valence-corrected chi connectivity index (χ3v) is 3.38. The standard InChI is InChI=1S/C17H17F2NO3/c1-10(15-9-14(22-2)4-5-16(15)23-3)20-17(21)11-6-12(18)8-13(19)7-11/h4-10H,1-3H3,(H,20,21)/t10-/m1/s1. The van der Waals surface area contributed by atoms with Crippen molar-refractivity contribution >= 4 is 5.91 Å². The number of ether oxygens (including phenoxy) is 2. The molecule has 1 atom stereocenters. The summed E-state index contributed by atoms with van der Waals surface area (Å²) in [6, 6.07) is 7.42. The number of carbonyl (C=O) groups excluding carboxylic acids is 1. The Balaban J connectivity index is 2.24. The Morgan fingerprint density at radius 2 is 1.70 bits per heavy atom. The van der Waals surface area contributed by atoms with E-state index in [-0.39, 0.29) is 5.56 Å². The van der Waals surface area contributed by atoms with Gasteiger partial charge in [-0.15, -0.1) is 0 Å². The molecule has 23 heavy (non-hydrogen) atoms. The fourth-order valence-corrected chi connectivity index (χ4v) is 2.22. The third-order valence-electron chi connectivity index (χ3n) is 3.38. The average molecular weight is 321 g/mol. The molecule has 0 aliphatic heterocycles. The summed E-state index contributed by atoms with van der Waals surface area (Å²) >= 11 is 0. The first-order chi connectivity index (χ1) is 10.9. The highest BCUT2D eigenvalue weighted by Crippen LogP contribution is 2.29. The van der Waals surface area contributed by atoms with Crippen LogP contribution in [0.25, 0.3) is 0 Å². The van der Waals surface area contributed by atoms with Gasteiger partial charge < -0.3 is 14.8 Å². The Kier molecular flexibility index (Phi) is 5.16. The van der Waals surface area contributed by atoms with Crippen LogP contribution in [0.3, 0.4) is 0 Å². The van der Waals surface area contributed by atoms with Gasteiger partial charge in [0.25, 0.3) is 5.91 Å². The molecule has 2 aromatic carbocycles. The second-order valence-corrected chi connectivity index (χ2v) is 4.96. The summed E-state index contributed by atoms with van der Waals surface area (Å²) in [4.78, 5) is 12.2. The molecule has 0 radical (unpaired) electrons. The third kappa shape index (κ3) is 3.97. The molecule has 0 heterocycles. The molecule has 6 heteroatoms. The van der Waals surface area contributed by atoms with Crippen molar-refractivity contribution in [2.24, 2.45) is 0 Å². The molecule has 0 spiro atoms. The molecule has 1 amide bonds. The Morgan fingerprint density at radius 1 is 1.04 bits per heavy atom. The largest absolute Gasteiger partial charge is 0.497 e. The van der Waals surface area contributed by atoms with E-state index in [0.29, 0.717) is 23.1 Å². The lowest BCUT2D eigenvalue weighted by atomic mass is 10.1. The quantitative estimate of drug-likeness (QED) is 0.917. The molecular weight excluding hydrogens is 304 g/mol. The van der Waals surface area contributed by atoms with Crippen LogP contribution in [0.1, 0.15) is 28.9 Å². The second-order valence-electron chi connectivity index (χ2n) is 4.96. The minimum atomic E-state index is -0.804. The number of benzene rings is 2. The first kappa shape index (κ1) is 16.7. The molecule has 122 valence electrons. The van der Waals surface area contributed by atoms with Gasteiger partial charge in [-0.3, -0.25) is 4.79 Å². The predicted molar refractivity (Wildman–Crippen MR) is 81.8 cm³/mol. The Morgan fingerprint density at radius 3 is 2.26 bits per heavy atom. The van der Waals surface area contributed by atoms with Gasteiger partial charge in [0.2, 0.25) is 0 Å². The first-order valence-corrected chi connectivity index (χ1v) is 6.93. The van der Waals surface area contributed by atoms with Crippen molar-refractivity contribution in [2.45, 2.75) is 13.0 Å². The number of hydrogen-bond donors (Lipinski definition) is 1. The van der Waals surface area contributed by atoms with Crippen molar-refractivity contribution in [3.8, 4) is 11.5 Å². The van der Waals surface area contributed by atoms with Crippen LogP contribution in [0.15, 0.2) is 36.4 Å². The summed E-state index contributed by atoms with van der Waals surface area (Å²) in [5.74, 6) is -1.01. The molecule has 2 rings (SSSR count). The Labute approximate surface area is 133 Å². The van der Waals surface area contributed by atoms with E-state index in [9.17, 15) is 13.6 Å². The molecule has 0 aliphatic carbocycles. The monoisotopic (exact) mass is 321 g/mol. The molecule has 4 nitrogen and oxygen atoms in total. The fraction of sp³-hybridized carbons (Fsp3) is 0.235. The predicted octanol–water partition coefficient (Wildman–Crippen LogP) is 3.47. The summed E-state index contributed by atoms with van der Waals surface area (Å²) in [6.07, 6.45) is 0. The summed E-state index contributed by atoms with van der Waals surface area (Å²) in [5, 5.41) is 2.69. The minimum Gasteiger partial charge on any atom is -0.497 e. The summed E-state index contributed by atoms with van der Waals surface area (Å²) in [5.41, 5.74) is 0.605. The highest BCUT2D eigenvalue weighted by Gasteiger charge is 2.17.